The number of nitrogens with zero attached hydrogens (tertiary/aromatic N) is 6. The van der Waals surface area contributed by atoms with Crippen molar-refractivity contribution in [1.29, 1.82) is 0 Å². The summed E-state index contributed by atoms with van der Waals surface area (Å²) in [6.45, 7) is 12.8. The van der Waals surface area contributed by atoms with E-state index < -0.39 is 88.9 Å². The molecule has 3 aromatic rings. The van der Waals surface area contributed by atoms with Crippen LogP contribution in [0.4, 0.5) is 0 Å². The van der Waals surface area contributed by atoms with Crippen molar-refractivity contribution in [3.63, 3.8) is 0 Å². The van der Waals surface area contributed by atoms with Crippen LogP contribution < -0.4 is 55.0 Å². The van der Waals surface area contributed by atoms with E-state index in [0.29, 0.717) is 28.3 Å². The molecule has 0 saturated carbocycles. The fraction of sp³-hybridized carbons (Fsp3) is 0.529. The maximum atomic E-state index is 12.8. The van der Waals surface area contributed by atoms with Crippen molar-refractivity contribution >= 4 is 0 Å². The summed E-state index contributed by atoms with van der Waals surface area (Å²) >= 11 is 0. The molecule has 6 rings (SSSR count). The Kier molecular flexibility index (Phi) is 12.0. The molecule has 3 fully saturated rings. The van der Waals surface area contributed by atoms with Crippen LogP contribution in [0.3, 0.4) is 0 Å². The largest absolute Gasteiger partial charge is 0.394 e. The van der Waals surface area contributed by atoms with Gasteiger partial charge >= 0.3 is 17.1 Å². The summed E-state index contributed by atoms with van der Waals surface area (Å²) in [6, 6.07) is -1.60. The topological polar surface area (TPSA) is 309 Å². The average Bonchev–Trinajstić information content (AvgIpc) is 3.88. The molecule has 3 aromatic heterocycles. The lowest BCUT2D eigenvalue weighted by molar-refractivity contribution is -0.0288. The minimum Gasteiger partial charge on any atom is -0.394 e. The molecule has 9 unspecified atom stereocenters. The van der Waals surface area contributed by atoms with Gasteiger partial charge in [0, 0.05) is 72.5 Å². The summed E-state index contributed by atoms with van der Waals surface area (Å²) in [5, 5.41) is 26.7. The molecule has 57 heavy (non-hydrogen) atoms. The normalized spacial score (nSPS) is 26.8. The van der Waals surface area contributed by atoms with Gasteiger partial charge in [-0.15, -0.1) is 0 Å². The predicted octanol–water partition coefficient (Wildman–Crippen LogP) is -1.87. The number of aromatic amines is 3. The Morgan fingerprint density at radius 2 is 1.11 bits per heavy atom. The Labute approximate surface area is 322 Å². The highest BCUT2D eigenvalue weighted by Gasteiger charge is 2.40. The summed E-state index contributed by atoms with van der Waals surface area (Å²) in [5.74, 6) is 0.689. The number of aliphatic hydroxyl groups excluding tert-OH is 1. The monoisotopic (exact) mass is 795 g/mol. The van der Waals surface area contributed by atoms with Crippen molar-refractivity contribution in [2.45, 2.75) is 95.2 Å². The molecular formula is C34H45N13O10. The standard InChI is InChI=1S/C34H45N13O10/c1-15-11-45(32(52)40-29(15)49)26-6-20(38-18(4)37-10-24-22(43-44-35)8-28(56-24)47-13-17(3)31(51)42-34(47)54)23(55-26)9-36-19(5)39-21-7-27(57-25(21)14-48)46-12-16(2)30(50)41-33(46)53/h11-13,20-28,36-39,48H,4-10,14H2,1-3H3,(H,40,49,52)(H,41,50,53)(H,42,51,54). The SMILES string of the molecule is C=C(NCC1OC(n2cc(C)c(=O)[nH]c2=O)CC1NC(=C)NCC1OC(n2cc(C)c(=O)[nH]c2=O)CC1N=[N+]=[N-])NC1CC(n2cc(C)c(=O)[nH]c2=O)OC1CO. The third kappa shape index (κ3) is 8.97. The minimum absolute atomic E-state index is 0.115. The maximum absolute atomic E-state index is 12.8. The molecule has 0 aliphatic carbocycles. The van der Waals surface area contributed by atoms with Crippen molar-refractivity contribution in [3.8, 4) is 0 Å². The van der Waals surface area contributed by atoms with Crippen LogP contribution in [-0.4, -0.2) is 89.9 Å². The van der Waals surface area contributed by atoms with E-state index >= 15 is 0 Å². The van der Waals surface area contributed by atoms with Crippen LogP contribution in [0, 0.1) is 20.8 Å². The molecule has 9 atom stereocenters. The lowest BCUT2D eigenvalue weighted by atomic mass is 10.1. The van der Waals surface area contributed by atoms with Gasteiger partial charge in [-0.2, -0.15) is 0 Å². The summed E-state index contributed by atoms with van der Waals surface area (Å²) < 4.78 is 22.2. The number of azide groups is 1. The quantitative estimate of drug-likeness (QED) is 0.0475. The second kappa shape index (κ2) is 16.9. The van der Waals surface area contributed by atoms with E-state index in [-0.39, 0.29) is 39.0 Å². The van der Waals surface area contributed by atoms with Gasteiger partial charge in [0.25, 0.3) is 16.7 Å². The van der Waals surface area contributed by atoms with E-state index in [9.17, 15) is 39.4 Å². The first-order valence-corrected chi connectivity index (χ1v) is 18.1. The van der Waals surface area contributed by atoms with Crippen molar-refractivity contribution in [1.82, 2.24) is 49.9 Å². The lowest BCUT2D eigenvalue weighted by Crippen LogP contribution is -2.47. The highest BCUT2D eigenvalue weighted by atomic mass is 16.5. The summed E-state index contributed by atoms with van der Waals surface area (Å²) in [4.78, 5) is 83.4. The third-order valence-electron chi connectivity index (χ3n) is 10.2. The Hall–Kier alpha value is -6.13. The average molecular weight is 796 g/mol. The number of ether oxygens (including phenoxy) is 3. The van der Waals surface area contributed by atoms with Gasteiger partial charge in [-0.1, -0.05) is 18.3 Å². The number of H-pyrrole nitrogens is 3. The summed E-state index contributed by atoms with van der Waals surface area (Å²) in [6.07, 6.45) is 0.546. The second-order valence-electron chi connectivity index (χ2n) is 14.2. The number of nitrogens with one attached hydrogen (secondary N) is 7. The predicted molar refractivity (Wildman–Crippen MR) is 202 cm³/mol. The van der Waals surface area contributed by atoms with E-state index in [1.54, 1.807) is 20.8 Å². The van der Waals surface area contributed by atoms with Gasteiger partial charge < -0.3 is 40.6 Å². The van der Waals surface area contributed by atoms with Crippen LogP contribution in [0.5, 0.6) is 0 Å². The fourth-order valence-corrected chi connectivity index (χ4v) is 7.12. The lowest BCUT2D eigenvalue weighted by Gasteiger charge is -2.26. The molecule has 23 nitrogen and oxygen atoms in total. The molecule has 0 radical (unpaired) electrons. The van der Waals surface area contributed by atoms with Crippen molar-refractivity contribution < 1.29 is 19.3 Å². The van der Waals surface area contributed by atoms with Crippen molar-refractivity contribution in [3.05, 3.63) is 133 Å². The zero-order chi connectivity index (χ0) is 41.1. The van der Waals surface area contributed by atoms with Gasteiger partial charge in [0.15, 0.2) is 0 Å². The number of aliphatic hydroxyl groups is 1. The molecule has 6 heterocycles. The highest BCUT2D eigenvalue weighted by Crippen LogP contribution is 2.31. The number of rotatable bonds is 15. The van der Waals surface area contributed by atoms with Crippen LogP contribution in [0.1, 0.15) is 54.6 Å². The first-order chi connectivity index (χ1) is 27.1. The zero-order valence-corrected chi connectivity index (χ0v) is 31.4. The van der Waals surface area contributed by atoms with E-state index in [2.05, 4.69) is 59.4 Å². The second-order valence-corrected chi connectivity index (χ2v) is 14.2. The molecule has 3 saturated heterocycles. The fourth-order valence-electron chi connectivity index (χ4n) is 7.12. The number of aromatic nitrogens is 6. The molecular weight excluding hydrogens is 750 g/mol. The molecule has 3 aliphatic rings. The van der Waals surface area contributed by atoms with Crippen LogP contribution in [0.2, 0.25) is 0 Å². The Bertz CT molecular complexity index is 2430. The summed E-state index contributed by atoms with van der Waals surface area (Å²) in [5.41, 5.74) is 6.67. The Morgan fingerprint density at radius 1 is 0.719 bits per heavy atom. The third-order valence-corrected chi connectivity index (χ3v) is 10.2. The summed E-state index contributed by atoms with van der Waals surface area (Å²) in [7, 11) is 0. The minimum atomic E-state index is -0.804. The molecule has 0 bridgehead atoms. The number of hydrogen-bond acceptors (Lipinski definition) is 15. The first kappa shape index (κ1) is 40.5. The molecule has 306 valence electrons. The number of aryl methyl sites for hydroxylation is 3. The smallest absolute Gasteiger partial charge is 0.330 e. The highest BCUT2D eigenvalue weighted by molar-refractivity contribution is 5.07. The van der Waals surface area contributed by atoms with E-state index in [0.717, 1.165) is 0 Å². The maximum Gasteiger partial charge on any atom is 0.330 e. The van der Waals surface area contributed by atoms with Gasteiger partial charge in [-0.3, -0.25) is 43.0 Å². The molecule has 0 amide bonds. The van der Waals surface area contributed by atoms with Gasteiger partial charge in [-0.25, -0.2) is 14.4 Å². The van der Waals surface area contributed by atoms with Crippen LogP contribution in [-0.2, 0) is 14.2 Å². The van der Waals surface area contributed by atoms with Gasteiger partial charge in [0.05, 0.1) is 48.6 Å². The zero-order valence-electron chi connectivity index (χ0n) is 31.4. The molecule has 23 heteroatoms. The van der Waals surface area contributed by atoms with Crippen LogP contribution in [0.25, 0.3) is 10.4 Å². The van der Waals surface area contributed by atoms with E-state index in [1.807, 2.05) is 0 Å². The van der Waals surface area contributed by atoms with E-state index in [1.165, 1.54) is 32.3 Å². The van der Waals surface area contributed by atoms with Crippen LogP contribution in [0.15, 0.2) is 77.3 Å². The first-order valence-electron chi connectivity index (χ1n) is 18.1. The van der Waals surface area contributed by atoms with Crippen LogP contribution >= 0.6 is 0 Å². The molecule has 0 aromatic carbocycles. The van der Waals surface area contributed by atoms with Crippen molar-refractivity contribution in [2.24, 2.45) is 5.11 Å². The molecule has 3 aliphatic heterocycles. The van der Waals surface area contributed by atoms with Crippen molar-refractivity contribution in [2.75, 3.05) is 19.7 Å². The van der Waals surface area contributed by atoms with Gasteiger partial charge in [-0.05, 0) is 26.3 Å². The Morgan fingerprint density at radius 3 is 1.54 bits per heavy atom. The molecule has 8 N–H and O–H groups in total. The number of hydrogen-bond donors (Lipinski definition) is 8. The molecule has 0 spiro atoms. The van der Waals surface area contributed by atoms with Gasteiger partial charge in [0.2, 0.25) is 0 Å². The van der Waals surface area contributed by atoms with Gasteiger partial charge in [0.1, 0.15) is 24.8 Å². The Balaban J connectivity index is 1.11. The van der Waals surface area contributed by atoms with E-state index in [4.69, 9.17) is 14.2 Å².